The molecule has 1 aliphatic rings. The molecule has 12 heteroatoms. The first-order chi connectivity index (χ1) is 12.5. The smallest absolute Gasteiger partial charge is 0.324 e. The number of thiophene rings is 1. The van der Waals surface area contributed by atoms with Crippen LogP contribution >= 0.6 is 11.3 Å². The van der Waals surface area contributed by atoms with Gasteiger partial charge in [-0.2, -0.15) is 0 Å². The van der Waals surface area contributed by atoms with Gasteiger partial charge >= 0.3 is 5.00 Å². The average molecular weight is 418 g/mol. The molecule has 0 aliphatic carbocycles. The van der Waals surface area contributed by atoms with Crippen LogP contribution < -0.4 is 4.72 Å². The summed E-state index contributed by atoms with van der Waals surface area (Å²) in [6, 6.07) is 1.86. The SMILES string of the molecule is CC(C)[C@H](NS(C)(=O)=O)C(=O)N1CCN(C(=O)c2ccc([N+](=O)[O-])s2)CC1. The minimum Gasteiger partial charge on any atom is -0.338 e. The van der Waals surface area contributed by atoms with E-state index in [-0.39, 0.29) is 53.8 Å². The molecule has 1 aromatic heterocycles. The Kier molecular flexibility index (Phi) is 6.54. The normalized spacial score (nSPS) is 16.4. The van der Waals surface area contributed by atoms with Crippen molar-refractivity contribution >= 4 is 38.2 Å². The van der Waals surface area contributed by atoms with E-state index in [0.29, 0.717) is 0 Å². The van der Waals surface area contributed by atoms with E-state index in [1.54, 1.807) is 13.8 Å². The molecule has 0 saturated carbocycles. The Labute approximate surface area is 161 Å². The standard InChI is InChI=1S/C15H22N4O6S2/c1-10(2)13(16-27(3,24)25)15(21)18-8-6-17(7-9-18)14(20)11-4-5-12(26-11)19(22)23/h4-5,10,13,16H,6-9H2,1-3H3/t13-/m0/s1. The Balaban J connectivity index is 1.99. The molecule has 1 N–H and O–H groups in total. The van der Waals surface area contributed by atoms with Crippen molar-refractivity contribution < 1.29 is 22.9 Å². The van der Waals surface area contributed by atoms with Gasteiger partial charge in [0.1, 0.15) is 6.04 Å². The summed E-state index contributed by atoms with van der Waals surface area (Å²) >= 11 is 0.817. The number of rotatable bonds is 6. The highest BCUT2D eigenvalue weighted by Gasteiger charge is 2.32. The maximum absolute atomic E-state index is 12.7. The molecule has 1 aromatic rings. The van der Waals surface area contributed by atoms with Crippen molar-refractivity contribution in [3.05, 3.63) is 27.1 Å². The van der Waals surface area contributed by atoms with E-state index >= 15 is 0 Å². The van der Waals surface area contributed by atoms with Gasteiger partial charge in [0, 0.05) is 32.2 Å². The van der Waals surface area contributed by atoms with Crippen molar-refractivity contribution in [1.82, 2.24) is 14.5 Å². The Morgan fingerprint density at radius 1 is 1.19 bits per heavy atom. The van der Waals surface area contributed by atoms with Crippen molar-refractivity contribution in [3.63, 3.8) is 0 Å². The van der Waals surface area contributed by atoms with E-state index in [1.807, 2.05) is 0 Å². The highest BCUT2D eigenvalue weighted by Crippen LogP contribution is 2.25. The Bertz CT molecular complexity index is 827. The Hall–Kier alpha value is -2.05. The van der Waals surface area contributed by atoms with Crippen LogP contribution in [-0.4, -0.2) is 73.4 Å². The predicted octanol–water partition coefficient (Wildman–Crippen LogP) is 0.515. The zero-order valence-corrected chi connectivity index (χ0v) is 16.9. The molecule has 1 fully saturated rings. The number of amides is 2. The second-order valence-corrected chi connectivity index (χ2v) is 9.47. The first kappa shape index (κ1) is 21.3. The van der Waals surface area contributed by atoms with Crippen molar-refractivity contribution in [1.29, 1.82) is 0 Å². The minimum absolute atomic E-state index is 0.0983. The summed E-state index contributed by atoms with van der Waals surface area (Å²) in [5.74, 6) is -0.859. The van der Waals surface area contributed by atoms with E-state index in [4.69, 9.17) is 0 Å². The van der Waals surface area contributed by atoms with Gasteiger partial charge in [0.15, 0.2) is 0 Å². The molecule has 150 valence electrons. The lowest BCUT2D eigenvalue weighted by Crippen LogP contribution is -2.57. The Morgan fingerprint density at radius 3 is 2.19 bits per heavy atom. The molecule has 0 aromatic carbocycles. The molecule has 0 radical (unpaired) electrons. The molecule has 2 rings (SSSR count). The summed E-state index contributed by atoms with van der Waals surface area (Å²) < 4.78 is 25.4. The summed E-state index contributed by atoms with van der Waals surface area (Å²) in [6.07, 6.45) is 1.01. The van der Waals surface area contributed by atoms with Crippen molar-refractivity contribution in [3.8, 4) is 0 Å². The van der Waals surface area contributed by atoms with Crippen LogP contribution in [-0.2, 0) is 14.8 Å². The molecule has 0 bridgehead atoms. The summed E-state index contributed by atoms with van der Waals surface area (Å²) in [6.45, 7) is 4.60. The van der Waals surface area contributed by atoms with E-state index in [0.717, 1.165) is 17.6 Å². The molecular weight excluding hydrogens is 396 g/mol. The molecule has 27 heavy (non-hydrogen) atoms. The van der Waals surface area contributed by atoms with Gasteiger partial charge in [0.2, 0.25) is 15.9 Å². The van der Waals surface area contributed by atoms with Crippen LogP contribution in [0.15, 0.2) is 12.1 Å². The van der Waals surface area contributed by atoms with E-state index in [2.05, 4.69) is 4.72 Å². The van der Waals surface area contributed by atoms with Gasteiger partial charge in [0.25, 0.3) is 5.91 Å². The number of hydrogen-bond donors (Lipinski definition) is 1. The van der Waals surface area contributed by atoms with Crippen LogP contribution in [0.3, 0.4) is 0 Å². The van der Waals surface area contributed by atoms with Crippen molar-refractivity contribution in [2.75, 3.05) is 32.4 Å². The van der Waals surface area contributed by atoms with Gasteiger partial charge in [-0.3, -0.25) is 19.7 Å². The van der Waals surface area contributed by atoms with Crippen LogP contribution in [0.2, 0.25) is 0 Å². The van der Waals surface area contributed by atoms with Crippen LogP contribution in [0.1, 0.15) is 23.5 Å². The van der Waals surface area contributed by atoms with E-state index in [9.17, 15) is 28.1 Å². The number of nitro groups is 1. The topological polar surface area (TPSA) is 130 Å². The third-order valence-corrected chi connectivity index (χ3v) is 5.84. The second kappa shape index (κ2) is 8.31. The Morgan fingerprint density at radius 2 is 1.74 bits per heavy atom. The number of nitrogens with one attached hydrogen (secondary N) is 1. The summed E-state index contributed by atoms with van der Waals surface area (Å²) in [4.78, 5) is 38.7. The number of nitrogens with zero attached hydrogens (tertiary/aromatic N) is 3. The third kappa shape index (κ3) is 5.47. The number of hydrogen-bond acceptors (Lipinski definition) is 7. The van der Waals surface area contributed by atoms with Gasteiger partial charge in [-0.1, -0.05) is 25.2 Å². The summed E-state index contributed by atoms with van der Waals surface area (Å²) in [5, 5.41) is 10.6. The van der Waals surface area contributed by atoms with Crippen LogP contribution in [0, 0.1) is 16.0 Å². The summed E-state index contributed by atoms with van der Waals surface area (Å²) in [7, 11) is -3.53. The van der Waals surface area contributed by atoms with Crippen LogP contribution in [0.4, 0.5) is 5.00 Å². The zero-order valence-electron chi connectivity index (χ0n) is 15.2. The molecule has 2 heterocycles. The molecule has 1 aliphatic heterocycles. The van der Waals surface area contributed by atoms with Crippen LogP contribution in [0.25, 0.3) is 0 Å². The second-order valence-electron chi connectivity index (χ2n) is 6.62. The molecule has 0 spiro atoms. The fraction of sp³-hybridized carbons (Fsp3) is 0.600. The highest BCUT2D eigenvalue weighted by atomic mass is 32.2. The molecule has 10 nitrogen and oxygen atoms in total. The van der Waals surface area contributed by atoms with E-state index in [1.165, 1.54) is 21.9 Å². The number of carbonyl (C=O) groups is 2. The largest absolute Gasteiger partial charge is 0.338 e. The fourth-order valence-electron chi connectivity index (χ4n) is 2.73. The molecule has 0 unspecified atom stereocenters. The monoisotopic (exact) mass is 418 g/mol. The van der Waals surface area contributed by atoms with Gasteiger partial charge in [-0.25, -0.2) is 13.1 Å². The quantitative estimate of drug-likeness (QED) is 0.529. The summed E-state index contributed by atoms with van der Waals surface area (Å²) in [5.41, 5.74) is 0. The zero-order chi connectivity index (χ0) is 20.4. The van der Waals surface area contributed by atoms with Crippen molar-refractivity contribution in [2.24, 2.45) is 5.92 Å². The minimum atomic E-state index is -3.53. The van der Waals surface area contributed by atoms with Gasteiger partial charge in [-0.15, -0.1) is 0 Å². The van der Waals surface area contributed by atoms with Crippen LogP contribution in [0.5, 0.6) is 0 Å². The van der Waals surface area contributed by atoms with Gasteiger partial charge in [-0.05, 0) is 12.0 Å². The number of piperazine rings is 1. The number of carbonyl (C=O) groups excluding carboxylic acids is 2. The fourth-order valence-corrected chi connectivity index (χ4v) is 4.35. The maximum atomic E-state index is 12.7. The first-order valence-corrected chi connectivity index (χ1v) is 11.0. The van der Waals surface area contributed by atoms with Gasteiger partial charge in [0.05, 0.1) is 16.1 Å². The number of sulfonamides is 1. The van der Waals surface area contributed by atoms with Crippen molar-refractivity contribution in [2.45, 2.75) is 19.9 Å². The molecule has 2 amide bonds. The van der Waals surface area contributed by atoms with E-state index < -0.39 is 21.0 Å². The lowest BCUT2D eigenvalue weighted by molar-refractivity contribution is -0.380. The molecule has 1 atom stereocenters. The predicted molar refractivity (Wildman–Crippen MR) is 100 cm³/mol. The highest BCUT2D eigenvalue weighted by molar-refractivity contribution is 7.88. The first-order valence-electron chi connectivity index (χ1n) is 8.29. The average Bonchev–Trinajstić information content (AvgIpc) is 3.08. The van der Waals surface area contributed by atoms with Gasteiger partial charge < -0.3 is 9.80 Å². The molecular formula is C15H22N4O6S2. The maximum Gasteiger partial charge on any atom is 0.324 e. The third-order valence-electron chi connectivity index (χ3n) is 4.13. The lowest BCUT2D eigenvalue weighted by Gasteiger charge is -2.37. The lowest BCUT2D eigenvalue weighted by atomic mass is 10.0. The molecule has 1 saturated heterocycles.